The summed E-state index contributed by atoms with van der Waals surface area (Å²) in [5.74, 6) is -1.76. The molecule has 0 aliphatic carbocycles. The van der Waals surface area contributed by atoms with Crippen LogP contribution in [0.3, 0.4) is 0 Å². The molecule has 0 unspecified atom stereocenters. The third kappa shape index (κ3) is 5.50. The predicted molar refractivity (Wildman–Crippen MR) is 145 cm³/mol. The maximum atomic E-state index is 15.9. The second kappa shape index (κ2) is 11.3. The fourth-order valence-corrected chi connectivity index (χ4v) is 6.10. The number of aromatic amines is 1. The first-order valence-corrected chi connectivity index (χ1v) is 13.5. The summed E-state index contributed by atoms with van der Waals surface area (Å²) in [7, 11) is 0. The quantitative estimate of drug-likeness (QED) is 0.363. The summed E-state index contributed by atoms with van der Waals surface area (Å²) in [6.45, 7) is 7.80. The number of primary amides is 1. The number of para-hydroxylation sites is 1. The number of nitrogens with zero attached hydrogens (tertiary/aromatic N) is 2. The summed E-state index contributed by atoms with van der Waals surface area (Å²) < 4.78 is 50.3. The Morgan fingerprint density at radius 3 is 2.67 bits per heavy atom. The van der Waals surface area contributed by atoms with Crippen molar-refractivity contribution in [3.8, 4) is 5.75 Å². The number of likely N-dealkylation sites (tertiary alicyclic amines) is 1. The molecule has 208 valence electrons. The third-order valence-corrected chi connectivity index (χ3v) is 7.86. The molecule has 2 aromatic carbocycles. The van der Waals surface area contributed by atoms with Gasteiger partial charge in [0.25, 0.3) is 0 Å². The highest BCUT2D eigenvalue weighted by Crippen LogP contribution is 2.45. The van der Waals surface area contributed by atoms with Crippen LogP contribution in [0, 0.1) is 11.6 Å². The number of carbonyl (C=O) groups is 1. The maximum absolute atomic E-state index is 15.9. The fraction of sp³-hybridized carbons (Fsp3) is 0.433. The fourth-order valence-electron chi connectivity index (χ4n) is 6.10. The number of hydrogen-bond donors (Lipinski definition) is 2. The van der Waals surface area contributed by atoms with Crippen molar-refractivity contribution < 1.29 is 22.7 Å². The lowest BCUT2D eigenvalue weighted by Gasteiger charge is -2.44. The molecular formula is C30H35F3N4O2. The molecule has 6 nitrogen and oxygen atoms in total. The maximum Gasteiger partial charge on any atom is 0.217 e. The Kier molecular flexibility index (Phi) is 7.88. The third-order valence-electron chi connectivity index (χ3n) is 7.86. The van der Waals surface area contributed by atoms with Gasteiger partial charge in [0.1, 0.15) is 29.5 Å². The summed E-state index contributed by atoms with van der Waals surface area (Å²) in [5.41, 5.74) is 8.49. The summed E-state index contributed by atoms with van der Waals surface area (Å²) in [5, 5.41) is 1.02. The molecule has 0 saturated carbocycles. The number of nitrogens with one attached hydrogen (secondary N) is 1. The zero-order valence-corrected chi connectivity index (χ0v) is 22.2. The van der Waals surface area contributed by atoms with Crippen LogP contribution in [-0.2, 0) is 11.2 Å². The first-order valence-electron chi connectivity index (χ1n) is 13.5. The van der Waals surface area contributed by atoms with Crippen LogP contribution in [0.15, 0.2) is 48.7 Å². The van der Waals surface area contributed by atoms with Gasteiger partial charge >= 0.3 is 0 Å². The molecule has 2 aliphatic heterocycles. The normalized spacial score (nSPS) is 21.3. The number of rotatable bonds is 10. The van der Waals surface area contributed by atoms with Crippen molar-refractivity contribution >= 4 is 16.8 Å². The lowest BCUT2D eigenvalue weighted by atomic mass is 9.87. The number of fused-ring (bicyclic) bond motifs is 3. The average molecular weight is 541 g/mol. The van der Waals surface area contributed by atoms with Crippen molar-refractivity contribution in [3.63, 3.8) is 0 Å². The SMILES string of the molecule is C=C(CCC(N)=O)N1[C@@H](c2c(F)cc(O[C@@H]3CCN(CCCF)C3)cc2F)c2[nH]c3ccccc3c2C[C@@H]1C. The van der Waals surface area contributed by atoms with Gasteiger partial charge in [-0.15, -0.1) is 0 Å². The van der Waals surface area contributed by atoms with Crippen LogP contribution >= 0.6 is 0 Å². The number of amides is 1. The van der Waals surface area contributed by atoms with E-state index < -0.39 is 23.6 Å². The molecule has 2 aliphatic rings. The van der Waals surface area contributed by atoms with E-state index in [1.165, 1.54) is 12.1 Å². The lowest BCUT2D eigenvalue weighted by molar-refractivity contribution is -0.118. The molecule has 3 atom stereocenters. The van der Waals surface area contributed by atoms with Crippen LogP contribution in [0.25, 0.3) is 10.9 Å². The van der Waals surface area contributed by atoms with Gasteiger partial charge in [0, 0.05) is 66.5 Å². The van der Waals surface area contributed by atoms with E-state index in [9.17, 15) is 9.18 Å². The number of benzene rings is 2. The van der Waals surface area contributed by atoms with Crippen LogP contribution in [-0.4, -0.2) is 59.1 Å². The number of nitrogens with two attached hydrogens (primary N) is 1. The second-order valence-corrected chi connectivity index (χ2v) is 10.6. The van der Waals surface area contributed by atoms with Crippen molar-refractivity contribution in [3.05, 3.63) is 77.1 Å². The van der Waals surface area contributed by atoms with Gasteiger partial charge in [-0.1, -0.05) is 24.8 Å². The Morgan fingerprint density at radius 1 is 1.21 bits per heavy atom. The Balaban J connectivity index is 1.50. The molecule has 1 aromatic heterocycles. The molecule has 3 heterocycles. The molecule has 9 heteroatoms. The van der Waals surface area contributed by atoms with Gasteiger partial charge in [0.05, 0.1) is 12.2 Å². The Labute approximate surface area is 226 Å². The van der Waals surface area contributed by atoms with Gasteiger partial charge < -0.3 is 20.4 Å². The molecular weight excluding hydrogens is 505 g/mol. The van der Waals surface area contributed by atoms with Crippen LogP contribution in [0.2, 0.25) is 0 Å². The van der Waals surface area contributed by atoms with Gasteiger partial charge in [-0.25, -0.2) is 8.78 Å². The van der Waals surface area contributed by atoms with E-state index in [1.54, 1.807) is 0 Å². The van der Waals surface area contributed by atoms with Crippen LogP contribution in [0.5, 0.6) is 5.75 Å². The minimum absolute atomic E-state index is 0.0931. The van der Waals surface area contributed by atoms with Crippen molar-refractivity contribution in [2.45, 2.75) is 57.2 Å². The number of ether oxygens (including phenoxy) is 1. The number of H-pyrrole nitrogens is 1. The van der Waals surface area contributed by atoms with Crippen molar-refractivity contribution in [2.75, 3.05) is 26.3 Å². The van der Waals surface area contributed by atoms with Crippen molar-refractivity contribution in [1.29, 1.82) is 0 Å². The highest BCUT2D eigenvalue weighted by Gasteiger charge is 2.39. The van der Waals surface area contributed by atoms with Gasteiger partial charge in [-0.05, 0) is 44.2 Å². The smallest absolute Gasteiger partial charge is 0.217 e. The largest absolute Gasteiger partial charge is 0.489 e. The van der Waals surface area contributed by atoms with Crippen LogP contribution < -0.4 is 10.5 Å². The van der Waals surface area contributed by atoms with Gasteiger partial charge in [0.15, 0.2) is 0 Å². The summed E-state index contributed by atoms with van der Waals surface area (Å²) in [6.07, 6.45) is 1.99. The molecule has 1 saturated heterocycles. The molecule has 1 fully saturated rings. The average Bonchev–Trinajstić information content (AvgIpc) is 3.49. The van der Waals surface area contributed by atoms with E-state index >= 15 is 8.78 Å². The zero-order valence-electron chi connectivity index (χ0n) is 22.2. The highest BCUT2D eigenvalue weighted by atomic mass is 19.1. The van der Waals surface area contributed by atoms with E-state index in [-0.39, 0.29) is 43.0 Å². The van der Waals surface area contributed by atoms with Gasteiger partial charge in [-0.2, -0.15) is 0 Å². The number of hydrogen-bond acceptors (Lipinski definition) is 4. The molecule has 3 N–H and O–H groups in total. The van der Waals surface area contributed by atoms with Crippen LogP contribution in [0.4, 0.5) is 13.2 Å². The summed E-state index contributed by atoms with van der Waals surface area (Å²) >= 11 is 0. The van der Waals surface area contributed by atoms with E-state index in [0.29, 0.717) is 43.7 Å². The highest BCUT2D eigenvalue weighted by molar-refractivity contribution is 5.85. The Hall–Kier alpha value is -3.46. The van der Waals surface area contributed by atoms with Crippen LogP contribution in [0.1, 0.15) is 55.5 Å². The molecule has 1 amide bonds. The molecule has 3 aromatic rings. The topological polar surface area (TPSA) is 74.6 Å². The van der Waals surface area contributed by atoms with E-state index in [2.05, 4.69) is 16.5 Å². The number of halogens is 3. The molecule has 0 radical (unpaired) electrons. The zero-order chi connectivity index (χ0) is 27.7. The van der Waals surface area contributed by atoms with E-state index in [4.69, 9.17) is 10.5 Å². The monoisotopic (exact) mass is 540 g/mol. The first-order chi connectivity index (χ1) is 18.8. The second-order valence-electron chi connectivity index (χ2n) is 10.6. The lowest BCUT2D eigenvalue weighted by Crippen LogP contribution is -2.42. The van der Waals surface area contributed by atoms with Crippen molar-refractivity contribution in [2.24, 2.45) is 5.73 Å². The summed E-state index contributed by atoms with van der Waals surface area (Å²) in [6, 6.07) is 9.37. The van der Waals surface area contributed by atoms with Gasteiger partial charge in [0.2, 0.25) is 5.91 Å². The van der Waals surface area contributed by atoms with Crippen molar-refractivity contribution in [1.82, 2.24) is 14.8 Å². The minimum Gasteiger partial charge on any atom is -0.489 e. The summed E-state index contributed by atoms with van der Waals surface area (Å²) in [4.78, 5) is 18.9. The molecule has 0 bridgehead atoms. The Bertz CT molecular complexity index is 1350. The number of aromatic nitrogens is 1. The number of alkyl halides is 1. The number of allylic oxidation sites excluding steroid dienone is 1. The standard InChI is InChI=1S/C30H35F3N4O2/c1-18(8-9-27(34)38)37-19(2)14-23-22-6-3-4-7-26(22)35-29(23)30(37)28-24(32)15-21(16-25(28)33)39-20-10-13-36(17-20)12-5-11-31/h3-4,6-7,15-16,19-20,30,35H,1,5,8-14,17H2,2H3,(H2,34,38)/t19-,20+,30-/m0/s1. The van der Waals surface area contributed by atoms with E-state index in [0.717, 1.165) is 23.0 Å². The first kappa shape index (κ1) is 27.1. The molecule has 5 rings (SSSR count). The molecule has 39 heavy (non-hydrogen) atoms. The molecule has 0 spiro atoms. The van der Waals surface area contributed by atoms with E-state index in [1.807, 2.05) is 36.1 Å². The number of carbonyl (C=O) groups excluding carboxylic acids is 1. The minimum atomic E-state index is -0.812. The van der Waals surface area contributed by atoms with Gasteiger partial charge in [-0.3, -0.25) is 14.1 Å². The predicted octanol–water partition coefficient (Wildman–Crippen LogP) is 5.37. The Morgan fingerprint density at radius 2 is 1.95 bits per heavy atom.